The van der Waals surface area contributed by atoms with Gasteiger partial charge in [-0.05, 0) is 48.1 Å². The van der Waals surface area contributed by atoms with Crippen LogP contribution in [0.25, 0.3) is 10.9 Å². The second kappa shape index (κ2) is 6.57. The van der Waals surface area contributed by atoms with Gasteiger partial charge in [-0.1, -0.05) is 0 Å². The van der Waals surface area contributed by atoms with Crippen LogP contribution in [-0.4, -0.2) is 42.8 Å². The van der Waals surface area contributed by atoms with Crippen molar-refractivity contribution in [1.82, 2.24) is 9.88 Å². The fraction of sp³-hybridized carbons (Fsp3) is 0.389. The summed E-state index contributed by atoms with van der Waals surface area (Å²) in [6, 6.07) is 5.97. The van der Waals surface area contributed by atoms with Gasteiger partial charge >= 0.3 is 0 Å². The standard InChI is InChI=1S/C18H22N4O2/c1-21(2)17(24)10-22(11-23)16-6-12(8-19)5-14-7-15(13-3-4-13)9-20-18(14)16/h5-7,9,11,13H,3-4,8,10,19H2,1-2H3. The molecule has 0 saturated heterocycles. The molecule has 24 heavy (non-hydrogen) atoms. The summed E-state index contributed by atoms with van der Waals surface area (Å²) in [6.07, 6.45) is 4.96. The van der Waals surface area contributed by atoms with Gasteiger partial charge in [0, 0.05) is 32.2 Å². The highest BCUT2D eigenvalue weighted by atomic mass is 16.2. The van der Waals surface area contributed by atoms with Crippen LogP contribution < -0.4 is 10.6 Å². The molecule has 1 fully saturated rings. The number of nitrogens with zero attached hydrogens (tertiary/aromatic N) is 3. The van der Waals surface area contributed by atoms with Crippen molar-refractivity contribution in [3.63, 3.8) is 0 Å². The first-order valence-electron chi connectivity index (χ1n) is 8.08. The first-order chi connectivity index (χ1) is 11.5. The Bertz CT molecular complexity index is 784. The molecular formula is C18H22N4O2. The lowest BCUT2D eigenvalue weighted by molar-refractivity contribution is -0.128. The van der Waals surface area contributed by atoms with Crippen molar-refractivity contribution in [2.75, 3.05) is 25.5 Å². The van der Waals surface area contributed by atoms with Crippen LogP contribution in [-0.2, 0) is 16.1 Å². The van der Waals surface area contributed by atoms with Crippen LogP contribution >= 0.6 is 0 Å². The highest BCUT2D eigenvalue weighted by Crippen LogP contribution is 2.41. The van der Waals surface area contributed by atoms with Gasteiger partial charge in [-0.15, -0.1) is 0 Å². The molecule has 1 aliphatic rings. The van der Waals surface area contributed by atoms with Crippen molar-refractivity contribution in [3.05, 3.63) is 35.5 Å². The van der Waals surface area contributed by atoms with Gasteiger partial charge in [0.2, 0.25) is 12.3 Å². The van der Waals surface area contributed by atoms with Gasteiger partial charge in [0.1, 0.15) is 6.54 Å². The molecule has 0 spiro atoms. The number of fused-ring (bicyclic) bond motifs is 1. The fourth-order valence-electron chi connectivity index (χ4n) is 2.75. The van der Waals surface area contributed by atoms with Crippen LogP contribution in [0.15, 0.2) is 24.4 Å². The molecule has 2 N–H and O–H groups in total. The lowest BCUT2D eigenvalue weighted by atomic mass is 10.0. The van der Waals surface area contributed by atoms with Crippen LogP contribution in [0.4, 0.5) is 5.69 Å². The van der Waals surface area contributed by atoms with Crippen molar-refractivity contribution >= 4 is 28.9 Å². The zero-order chi connectivity index (χ0) is 17.3. The summed E-state index contributed by atoms with van der Waals surface area (Å²) < 4.78 is 0. The monoisotopic (exact) mass is 326 g/mol. The fourth-order valence-corrected chi connectivity index (χ4v) is 2.75. The first-order valence-corrected chi connectivity index (χ1v) is 8.08. The molecule has 1 saturated carbocycles. The van der Waals surface area contributed by atoms with Crippen molar-refractivity contribution < 1.29 is 9.59 Å². The number of pyridine rings is 1. The minimum Gasteiger partial charge on any atom is -0.347 e. The van der Waals surface area contributed by atoms with E-state index in [0.717, 1.165) is 16.5 Å². The maximum absolute atomic E-state index is 12.0. The molecule has 6 nitrogen and oxygen atoms in total. The average molecular weight is 326 g/mol. The summed E-state index contributed by atoms with van der Waals surface area (Å²) in [4.78, 5) is 31.0. The number of aromatic nitrogens is 1. The lowest BCUT2D eigenvalue weighted by Gasteiger charge is -2.21. The highest BCUT2D eigenvalue weighted by molar-refractivity contribution is 5.99. The number of hydrogen-bond donors (Lipinski definition) is 1. The number of hydrogen-bond acceptors (Lipinski definition) is 4. The SMILES string of the molecule is CN(C)C(=O)CN(C=O)c1cc(CN)cc2cc(C3CC3)cnc12. The molecule has 6 heteroatoms. The molecule has 2 aromatic rings. The molecule has 0 radical (unpaired) electrons. The quantitative estimate of drug-likeness (QED) is 0.818. The molecule has 1 aromatic heterocycles. The molecular weight excluding hydrogens is 304 g/mol. The maximum atomic E-state index is 12.0. The lowest BCUT2D eigenvalue weighted by Crippen LogP contribution is -2.36. The molecule has 126 valence electrons. The van der Waals surface area contributed by atoms with E-state index in [1.807, 2.05) is 18.3 Å². The van der Waals surface area contributed by atoms with Crippen LogP contribution in [0, 0.1) is 0 Å². The van der Waals surface area contributed by atoms with E-state index in [-0.39, 0.29) is 12.5 Å². The van der Waals surface area contributed by atoms with Gasteiger partial charge in [0.15, 0.2) is 0 Å². The summed E-state index contributed by atoms with van der Waals surface area (Å²) in [5.41, 5.74) is 9.29. The smallest absolute Gasteiger partial charge is 0.242 e. The van der Waals surface area contributed by atoms with E-state index in [1.54, 1.807) is 14.1 Å². The van der Waals surface area contributed by atoms with Gasteiger partial charge in [-0.3, -0.25) is 14.6 Å². The molecule has 1 heterocycles. The Morgan fingerprint density at radius 1 is 1.33 bits per heavy atom. The van der Waals surface area contributed by atoms with Crippen LogP contribution in [0.5, 0.6) is 0 Å². The maximum Gasteiger partial charge on any atom is 0.242 e. The van der Waals surface area contributed by atoms with E-state index in [0.29, 0.717) is 24.6 Å². The third-order valence-electron chi connectivity index (χ3n) is 4.37. The van der Waals surface area contributed by atoms with Gasteiger partial charge in [-0.2, -0.15) is 0 Å². The Kier molecular flexibility index (Phi) is 4.49. The summed E-state index contributed by atoms with van der Waals surface area (Å²) in [7, 11) is 3.33. The predicted octanol–water partition coefficient (Wildman–Crippen LogP) is 1.62. The second-order valence-electron chi connectivity index (χ2n) is 6.46. The van der Waals surface area contributed by atoms with E-state index in [2.05, 4.69) is 11.1 Å². The molecule has 0 atom stereocenters. The van der Waals surface area contributed by atoms with Crippen LogP contribution in [0.3, 0.4) is 0 Å². The van der Waals surface area contributed by atoms with E-state index < -0.39 is 0 Å². The number of nitrogens with two attached hydrogens (primary N) is 1. The average Bonchev–Trinajstić information content (AvgIpc) is 3.42. The Morgan fingerprint density at radius 2 is 2.08 bits per heavy atom. The number of benzene rings is 1. The minimum absolute atomic E-state index is 0.0221. The molecule has 0 bridgehead atoms. The van der Waals surface area contributed by atoms with E-state index in [9.17, 15) is 9.59 Å². The molecule has 1 aromatic carbocycles. The molecule has 0 aliphatic heterocycles. The molecule has 1 aliphatic carbocycles. The minimum atomic E-state index is -0.150. The summed E-state index contributed by atoms with van der Waals surface area (Å²) in [6.45, 7) is 0.344. The molecule has 0 unspecified atom stereocenters. The van der Waals surface area contributed by atoms with Gasteiger partial charge in [0.05, 0.1) is 11.2 Å². The summed E-state index contributed by atoms with van der Waals surface area (Å²) in [5, 5.41) is 0.960. The first kappa shape index (κ1) is 16.4. The highest BCUT2D eigenvalue weighted by Gasteiger charge is 2.24. The number of carbonyl (C=O) groups is 2. The largest absolute Gasteiger partial charge is 0.347 e. The predicted molar refractivity (Wildman–Crippen MR) is 93.7 cm³/mol. The van der Waals surface area contributed by atoms with E-state index >= 15 is 0 Å². The number of amides is 2. The Balaban J connectivity index is 2.06. The molecule has 3 rings (SSSR count). The van der Waals surface area contributed by atoms with Crippen molar-refractivity contribution in [2.24, 2.45) is 5.73 Å². The number of rotatable bonds is 6. The third kappa shape index (κ3) is 3.23. The van der Waals surface area contributed by atoms with Gasteiger partial charge in [-0.25, -0.2) is 0 Å². The van der Waals surface area contributed by atoms with Crippen molar-refractivity contribution in [1.29, 1.82) is 0 Å². The Hall–Kier alpha value is -2.47. The normalized spacial score (nSPS) is 13.8. The number of likely N-dealkylation sites (N-methyl/N-ethyl adjacent to an activating group) is 1. The second-order valence-corrected chi connectivity index (χ2v) is 6.46. The third-order valence-corrected chi connectivity index (χ3v) is 4.37. The van der Waals surface area contributed by atoms with E-state index in [1.165, 1.54) is 28.2 Å². The van der Waals surface area contributed by atoms with Gasteiger partial charge in [0.25, 0.3) is 0 Å². The van der Waals surface area contributed by atoms with Crippen LogP contribution in [0.2, 0.25) is 0 Å². The summed E-state index contributed by atoms with van der Waals surface area (Å²) in [5.74, 6) is 0.451. The topological polar surface area (TPSA) is 79.5 Å². The van der Waals surface area contributed by atoms with Gasteiger partial charge < -0.3 is 15.5 Å². The Labute approximate surface area is 141 Å². The van der Waals surface area contributed by atoms with Crippen molar-refractivity contribution in [3.8, 4) is 0 Å². The Morgan fingerprint density at radius 3 is 2.67 bits per heavy atom. The molecule has 2 amide bonds. The number of carbonyl (C=O) groups excluding carboxylic acids is 2. The number of anilines is 1. The van der Waals surface area contributed by atoms with Crippen molar-refractivity contribution in [2.45, 2.75) is 25.3 Å². The zero-order valence-corrected chi connectivity index (χ0v) is 14.0. The zero-order valence-electron chi connectivity index (χ0n) is 14.0. The van der Waals surface area contributed by atoms with Crippen LogP contribution in [0.1, 0.15) is 29.9 Å². The van der Waals surface area contributed by atoms with E-state index in [4.69, 9.17) is 5.73 Å². The summed E-state index contributed by atoms with van der Waals surface area (Å²) >= 11 is 0.